The first-order valence-corrected chi connectivity index (χ1v) is 7.74. The van der Waals surface area contributed by atoms with Gasteiger partial charge in [-0.15, -0.1) is 0 Å². The summed E-state index contributed by atoms with van der Waals surface area (Å²) in [6.45, 7) is 4.98. The van der Waals surface area contributed by atoms with Crippen LogP contribution in [0.4, 0.5) is 0 Å². The molecule has 0 amide bonds. The van der Waals surface area contributed by atoms with Crippen molar-refractivity contribution >= 4 is 11.9 Å². The van der Waals surface area contributed by atoms with Gasteiger partial charge in [0.15, 0.2) is 5.60 Å². The number of hydrogen-bond acceptors (Lipinski definition) is 4. The molecule has 1 aliphatic carbocycles. The predicted octanol–water partition coefficient (Wildman–Crippen LogP) is 3.00. The second kappa shape index (κ2) is 6.37. The molecule has 1 aromatic carbocycles. The molecule has 5 nitrogen and oxygen atoms in total. The Bertz CT molecular complexity index is 775. The van der Waals surface area contributed by atoms with Gasteiger partial charge in [-0.25, -0.2) is 4.79 Å². The van der Waals surface area contributed by atoms with Crippen molar-refractivity contribution < 1.29 is 19.4 Å². The summed E-state index contributed by atoms with van der Waals surface area (Å²) < 4.78 is 5.56. The number of nitrogens with zero attached hydrogens (tertiary/aromatic N) is 1. The fourth-order valence-corrected chi connectivity index (χ4v) is 2.91. The molecule has 0 aliphatic heterocycles. The van der Waals surface area contributed by atoms with Crippen LogP contribution in [0.2, 0.25) is 0 Å². The highest BCUT2D eigenvalue weighted by Crippen LogP contribution is 2.57. The van der Waals surface area contributed by atoms with Gasteiger partial charge in [0, 0.05) is 18.4 Å². The van der Waals surface area contributed by atoms with Crippen LogP contribution in [0.1, 0.15) is 49.5 Å². The Morgan fingerprint density at radius 1 is 1.33 bits per heavy atom. The second-order valence-electron chi connectivity index (χ2n) is 6.28. The molecule has 1 aromatic rings. The van der Waals surface area contributed by atoms with Crippen molar-refractivity contribution in [2.45, 2.75) is 39.2 Å². The van der Waals surface area contributed by atoms with Crippen molar-refractivity contribution in [3.05, 3.63) is 35.4 Å². The van der Waals surface area contributed by atoms with Gasteiger partial charge >= 0.3 is 11.9 Å². The summed E-state index contributed by atoms with van der Waals surface area (Å²) in [5.74, 6) is 3.99. The number of aromatic carboxylic acids is 1. The van der Waals surface area contributed by atoms with Gasteiger partial charge in [0.1, 0.15) is 5.41 Å². The number of ether oxygens (including phenoxy) is 1. The van der Waals surface area contributed by atoms with Crippen LogP contribution in [0.15, 0.2) is 24.3 Å². The highest BCUT2D eigenvalue weighted by Gasteiger charge is 2.64. The number of carbonyl (C=O) groups is 2. The molecule has 5 heteroatoms. The Hall–Kier alpha value is -2.79. The first-order chi connectivity index (χ1) is 11.3. The lowest BCUT2D eigenvalue weighted by Gasteiger charge is -2.36. The molecule has 1 aliphatic rings. The summed E-state index contributed by atoms with van der Waals surface area (Å²) in [7, 11) is 0. The van der Waals surface area contributed by atoms with E-state index < -0.39 is 23.0 Å². The Labute approximate surface area is 141 Å². The molecule has 2 rings (SSSR count). The Morgan fingerprint density at radius 2 is 1.96 bits per heavy atom. The van der Waals surface area contributed by atoms with E-state index in [-0.39, 0.29) is 11.5 Å². The first-order valence-electron chi connectivity index (χ1n) is 7.74. The average molecular weight is 325 g/mol. The van der Waals surface area contributed by atoms with E-state index in [1.54, 1.807) is 18.2 Å². The van der Waals surface area contributed by atoms with Gasteiger partial charge < -0.3 is 9.84 Å². The molecule has 0 radical (unpaired) electrons. The molecule has 1 N–H and O–H groups in total. The Balaban J connectivity index is 2.58. The SMILES string of the molecule is CC(=O)O[C@@](C#Cc1ccccc1C(=O)O)(C(C)C)C1(C#N)CC1. The maximum atomic E-state index is 11.6. The zero-order valence-corrected chi connectivity index (χ0v) is 13.9. The fraction of sp³-hybridized carbons (Fsp3) is 0.421. The maximum Gasteiger partial charge on any atom is 0.336 e. The van der Waals surface area contributed by atoms with Crippen molar-refractivity contribution in [3.63, 3.8) is 0 Å². The summed E-state index contributed by atoms with van der Waals surface area (Å²) in [6.07, 6.45) is 1.20. The van der Waals surface area contributed by atoms with E-state index >= 15 is 0 Å². The summed E-state index contributed by atoms with van der Waals surface area (Å²) in [4.78, 5) is 23.0. The van der Waals surface area contributed by atoms with Crippen LogP contribution >= 0.6 is 0 Å². The van der Waals surface area contributed by atoms with Crippen molar-refractivity contribution in [2.24, 2.45) is 11.3 Å². The van der Waals surface area contributed by atoms with Crippen molar-refractivity contribution in [2.75, 3.05) is 0 Å². The third kappa shape index (κ3) is 2.98. The maximum absolute atomic E-state index is 11.6. The van der Waals surface area contributed by atoms with E-state index in [4.69, 9.17) is 4.74 Å². The standard InChI is InChI=1S/C19H19NO4/c1-13(2)19(24-14(3)21,18(12-20)10-11-18)9-8-15-6-4-5-7-16(15)17(22)23/h4-7,13H,10-11H2,1-3H3,(H,22,23)/t19-/m0/s1. The van der Waals surface area contributed by atoms with E-state index in [1.165, 1.54) is 13.0 Å². The first kappa shape index (κ1) is 17.6. The summed E-state index contributed by atoms with van der Waals surface area (Å²) in [5.41, 5.74) is -1.68. The van der Waals surface area contributed by atoms with Crippen molar-refractivity contribution in [3.8, 4) is 17.9 Å². The topological polar surface area (TPSA) is 87.4 Å². The van der Waals surface area contributed by atoms with Crippen LogP contribution in [-0.4, -0.2) is 22.6 Å². The molecule has 0 spiro atoms. The normalized spacial score (nSPS) is 17.0. The highest BCUT2D eigenvalue weighted by atomic mass is 16.6. The number of benzene rings is 1. The average Bonchev–Trinajstić information content (AvgIpc) is 3.32. The third-order valence-corrected chi connectivity index (χ3v) is 4.33. The number of esters is 1. The molecule has 1 saturated carbocycles. The molecule has 0 unspecified atom stereocenters. The smallest absolute Gasteiger partial charge is 0.336 e. The minimum absolute atomic E-state index is 0.0762. The molecule has 1 fully saturated rings. The lowest BCUT2D eigenvalue weighted by atomic mass is 9.76. The van der Waals surface area contributed by atoms with Gasteiger partial charge in [-0.05, 0) is 30.9 Å². The number of carbonyl (C=O) groups excluding carboxylic acids is 1. The minimum Gasteiger partial charge on any atom is -0.478 e. The number of carboxylic acids is 1. The van der Waals surface area contributed by atoms with E-state index in [0.717, 1.165) is 0 Å². The molecule has 24 heavy (non-hydrogen) atoms. The number of rotatable bonds is 4. The van der Waals surface area contributed by atoms with Crippen LogP contribution in [0.5, 0.6) is 0 Å². The zero-order chi connectivity index (χ0) is 18.0. The van der Waals surface area contributed by atoms with Gasteiger partial charge in [0.25, 0.3) is 0 Å². The van der Waals surface area contributed by atoms with Crippen LogP contribution < -0.4 is 0 Å². The Morgan fingerprint density at radius 3 is 2.42 bits per heavy atom. The second-order valence-corrected chi connectivity index (χ2v) is 6.28. The summed E-state index contributed by atoms with van der Waals surface area (Å²) in [6, 6.07) is 8.63. The van der Waals surface area contributed by atoms with Crippen LogP contribution in [-0.2, 0) is 9.53 Å². The largest absolute Gasteiger partial charge is 0.478 e. The van der Waals surface area contributed by atoms with Gasteiger partial charge in [-0.2, -0.15) is 5.26 Å². The summed E-state index contributed by atoms with van der Waals surface area (Å²) in [5, 5.41) is 18.9. The van der Waals surface area contributed by atoms with E-state index in [2.05, 4.69) is 17.9 Å². The Kier molecular flexibility index (Phi) is 4.66. The van der Waals surface area contributed by atoms with Gasteiger partial charge in [-0.3, -0.25) is 4.79 Å². The predicted molar refractivity (Wildman–Crippen MR) is 86.9 cm³/mol. The molecular formula is C19H19NO4. The number of carboxylic acid groups (broad SMARTS) is 1. The lowest BCUT2D eigenvalue weighted by molar-refractivity contribution is -0.160. The van der Waals surface area contributed by atoms with E-state index in [0.29, 0.717) is 18.4 Å². The molecule has 0 saturated heterocycles. The number of nitriles is 1. The lowest BCUT2D eigenvalue weighted by Crippen LogP contribution is -2.47. The molecule has 0 aromatic heterocycles. The molecule has 1 atom stereocenters. The van der Waals surface area contributed by atoms with Crippen molar-refractivity contribution in [1.82, 2.24) is 0 Å². The monoisotopic (exact) mass is 325 g/mol. The zero-order valence-electron chi connectivity index (χ0n) is 13.9. The fourth-order valence-electron chi connectivity index (χ4n) is 2.91. The van der Waals surface area contributed by atoms with Crippen LogP contribution in [0, 0.1) is 34.5 Å². The highest BCUT2D eigenvalue weighted by molar-refractivity contribution is 5.90. The third-order valence-electron chi connectivity index (χ3n) is 4.33. The quantitative estimate of drug-likeness (QED) is 0.679. The molecule has 0 heterocycles. The van der Waals surface area contributed by atoms with Crippen LogP contribution in [0.3, 0.4) is 0 Å². The van der Waals surface area contributed by atoms with Crippen LogP contribution in [0.25, 0.3) is 0 Å². The number of hydrogen-bond donors (Lipinski definition) is 1. The minimum atomic E-state index is -1.25. The van der Waals surface area contributed by atoms with Crippen molar-refractivity contribution in [1.29, 1.82) is 5.26 Å². The van der Waals surface area contributed by atoms with Gasteiger partial charge in [0.05, 0.1) is 11.6 Å². The van der Waals surface area contributed by atoms with E-state index in [9.17, 15) is 20.0 Å². The van der Waals surface area contributed by atoms with Gasteiger partial charge in [-0.1, -0.05) is 31.9 Å². The van der Waals surface area contributed by atoms with E-state index in [1.807, 2.05) is 13.8 Å². The molecule has 124 valence electrons. The molecular weight excluding hydrogens is 306 g/mol. The van der Waals surface area contributed by atoms with Gasteiger partial charge in [0.2, 0.25) is 0 Å². The molecule has 0 bridgehead atoms. The summed E-state index contributed by atoms with van der Waals surface area (Å²) >= 11 is 0.